The molecule has 1 saturated heterocycles. The average molecular weight is 422 g/mol. The van der Waals surface area contributed by atoms with Crippen molar-refractivity contribution in [1.82, 2.24) is 14.5 Å². The molecule has 156 valence electrons. The number of hydrogen-bond donors (Lipinski definition) is 0. The molecule has 0 radical (unpaired) electrons. The Hall–Kier alpha value is -2.47. The predicted molar refractivity (Wildman–Crippen MR) is 120 cm³/mol. The van der Waals surface area contributed by atoms with Crippen LogP contribution in [0.25, 0.3) is 10.2 Å². The number of carbonyl (C=O) groups excluding carboxylic acids is 1. The molecular weight excluding hydrogens is 394 g/mol. The SMILES string of the molecule is O=C(Cn1cnc2sc3c(c2c1=O)CCCC3)N1CCC(Cc2ccccc2)CC1. The van der Waals surface area contributed by atoms with Gasteiger partial charge < -0.3 is 4.90 Å². The molecule has 3 aromatic rings. The Kier molecular flexibility index (Phi) is 5.42. The Morgan fingerprint density at radius 1 is 1.10 bits per heavy atom. The van der Waals surface area contributed by atoms with Crippen molar-refractivity contribution >= 4 is 27.5 Å². The van der Waals surface area contributed by atoms with Gasteiger partial charge in [0.1, 0.15) is 11.4 Å². The average Bonchev–Trinajstić information content (AvgIpc) is 3.16. The summed E-state index contributed by atoms with van der Waals surface area (Å²) in [4.78, 5) is 34.6. The Bertz CT molecular complexity index is 1110. The van der Waals surface area contributed by atoms with Gasteiger partial charge >= 0.3 is 0 Å². The molecule has 1 amide bonds. The molecule has 0 saturated carbocycles. The van der Waals surface area contributed by atoms with Crippen LogP contribution in [0.3, 0.4) is 0 Å². The number of piperidine rings is 1. The fourth-order valence-corrected chi connectivity index (χ4v) is 6.09. The van der Waals surface area contributed by atoms with E-state index >= 15 is 0 Å². The first kappa shape index (κ1) is 19.5. The fraction of sp³-hybridized carbons (Fsp3) is 0.458. The van der Waals surface area contributed by atoms with Gasteiger partial charge in [0.15, 0.2) is 0 Å². The van der Waals surface area contributed by atoms with Gasteiger partial charge in [0.05, 0.1) is 11.7 Å². The minimum Gasteiger partial charge on any atom is -0.341 e. The smallest absolute Gasteiger partial charge is 0.262 e. The zero-order valence-electron chi connectivity index (χ0n) is 17.2. The molecule has 2 aromatic heterocycles. The molecule has 2 aliphatic rings. The highest BCUT2D eigenvalue weighted by Crippen LogP contribution is 2.33. The van der Waals surface area contributed by atoms with Crippen molar-refractivity contribution in [1.29, 1.82) is 0 Å². The van der Waals surface area contributed by atoms with E-state index in [2.05, 4.69) is 29.2 Å². The summed E-state index contributed by atoms with van der Waals surface area (Å²) < 4.78 is 1.52. The van der Waals surface area contributed by atoms with Crippen LogP contribution in [0.2, 0.25) is 0 Å². The van der Waals surface area contributed by atoms with E-state index in [0.717, 1.165) is 61.8 Å². The van der Waals surface area contributed by atoms with Gasteiger partial charge in [-0.15, -0.1) is 11.3 Å². The van der Waals surface area contributed by atoms with Crippen molar-refractivity contribution in [2.45, 2.75) is 51.5 Å². The second kappa shape index (κ2) is 8.34. The Balaban J connectivity index is 1.25. The van der Waals surface area contributed by atoms with Gasteiger partial charge in [-0.2, -0.15) is 0 Å². The first-order chi connectivity index (χ1) is 14.7. The molecule has 30 heavy (non-hydrogen) atoms. The van der Waals surface area contributed by atoms with E-state index in [0.29, 0.717) is 5.92 Å². The third kappa shape index (κ3) is 3.81. The summed E-state index contributed by atoms with van der Waals surface area (Å²) in [6, 6.07) is 10.6. The van der Waals surface area contributed by atoms with Crippen LogP contribution in [-0.4, -0.2) is 33.4 Å². The second-order valence-corrected chi connectivity index (χ2v) is 9.67. The van der Waals surface area contributed by atoms with Crippen LogP contribution in [0, 0.1) is 5.92 Å². The monoisotopic (exact) mass is 421 g/mol. The normalized spacial score (nSPS) is 17.3. The molecular formula is C24H27N3O2S. The van der Waals surface area contributed by atoms with E-state index in [1.54, 1.807) is 17.7 Å². The summed E-state index contributed by atoms with van der Waals surface area (Å²) >= 11 is 1.65. The molecule has 6 heteroatoms. The van der Waals surface area contributed by atoms with E-state index in [-0.39, 0.29) is 18.0 Å². The van der Waals surface area contributed by atoms with E-state index in [4.69, 9.17) is 0 Å². The van der Waals surface area contributed by atoms with Gasteiger partial charge in [-0.3, -0.25) is 14.2 Å². The number of amides is 1. The number of aromatic nitrogens is 2. The Morgan fingerprint density at radius 2 is 1.87 bits per heavy atom. The number of fused-ring (bicyclic) bond motifs is 3. The van der Waals surface area contributed by atoms with Crippen molar-refractivity contribution in [2.24, 2.45) is 5.92 Å². The molecule has 3 heterocycles. The molecule has 1 aliphatic heterocycles. The highest BCUT2D eigenvalue weighted by Gasteiger charge is 2.25. The minimum absolute atomic E-state index is 0.0282. The molecule has 0 unspecified atom stereocenters. The molecule has 0 bridgehead atoms. The summed E-state index contributed by atoms with van der Waals surface area (Å²) in [6.07, 6.45) is 9.00. The van der Waals surface area contributed by atoms with Crippen molar-refractivity contribution in [3.8, 4) is 0 Å². The number of rotatable bonds is 4. The summed E-state index contributed by atoms with van der Waals surface area (Å²) in [5, 5.41) is 0.756. The molecule has 1 aliphatic carbocycles. The third-order valence-corrected chi connectivity index (χ3v) is 7.78. The number of thiophene rings is 1. The van der Waals surface area contributed by atoms with Crippen molar-refractivity contribution in [3.05, 3.63) is 63.0 Å². The number of benzene rings is 1. The van der Waals surface area contributed by atoms with Crippen LogP contribution in [-0.2, 0) is 30.6 Å². The number of hydrogen-bond acceptors (Lipinski definition) is 4. The lowest BCUT2D eigenvalue weighted by Crippen LogP contribution is -2.42. The van der Waals surface area contributed by atoms with Crippen LogP contribution in [0.15, 0.2) is 41.5 Å². The zero-order chi connectivity index (χ0) is 20.5. The van der Waals surface area contributed by atoms with E-state index < -0.39 is 0 Å². The zero-order valence-corrected chi connectivity index (χ0v) is 18.0. The summed E-state index contributed by atoms with van der Waals surface area (Å²) in [6.45, 7) is 1.64. The van der Waals surface area contributed by atoms with E-state index in [9.17, 15) is 9.59 Å². The van der Waals surface area contributed by atoms with Crippen LogP contribution >= 0.6 is 11.3 Å². The number of likely N-dealkylation sites (tertiary alicyclic amines) is 1. The third-order valence-electron chi connectivity index (χ3n) is 6.58. The van der Waals surface area contributed by atoms with Crippen molar-refractivity contribution in [3.63, 3.8) is 0 Å². The maximum Gasteiger partial charge on any atom is 0.262 e. The lowest BCUT2D eigenvalue weighted by molar-refractivity contribution is -0.133. The second-order valence-electron chi connectivity index (χ2n) is 8.58. The first-order valence-electron chi connectivity index (χ1n) is 11.0. The van der Waals surface area contributed by atoms with Crippen LogP contribution in [0.4, 0.5) is 0 Å². The molecule has 5 rings (SSSR count). The highest BCUT2D eigenvalue weighted by molar-refractivity contribution is 7.18. The maximum absolute atomic E-state index is 13.1. The number of nitrogens with zero attached hydrogens (tertiary/aromatic N) is 3. The summed E-state index contributed by atoms with van der Waals surface area (Å²) in [7, 11) is 0. The molecule has 1 fully saturated rings. The lowest BCUT2D eigenvalue weighted by Gasteiger charge is -2.32. The van der Waals surface area contributed by atoms with E-state index in [1.165, 1.54) is 27.0 Å². The van der Waals surface area contributed by atoms with Gasteiger partial charge in [-0.1, -0.05) is 30.3 Å². The van der Waals surface area contributed by atoms with Gasteiger partial charge in [0.25, 0.3) is 5.56 Å². The maximum atomic E-state index is 13.1. The summed E-state index contributed by atoms with van der Waals surface area (Å²) in [5.41, 5.74) is 2.50. The van der Waals surface area contributed by atoms with Crippen molar-refractivity contribution < 1.29 is 4.79 Å². The Labute approximate surface area is 180 Å². The molecule has 0 N–H and O–H groups in total. The molecule has 1 aromatic carbocycles. The lowest BCUT2D eigenvalue weighted by atomic mass is 9.90. The first-order valence-corrected chi connectivity index (χ1v) is 11.8. The minimum atomic E-state index is -0.0493. The predicted octanol–water partition coefficient (Wildman–Crippen LogP) is 3.82. The largest absolute Gasteiger partial charge is 0.341 e. The van der Waals surface area contributed by atoms with Gasteiger partial charge in [-0.25, -0.2) is 4.98 Å². The van der Waals surface area contributed by atoms with Crippen LogP contribution < -0.4 is 5.56 Å². The highest BCUT2D eigenvalue weighted by atomic mass is 32.1. The molecule has 0 spiro atoms. The van der Waals surface area contributed by atoms with Gasteiger partial charge in [0, 0.05) is 18.0 Å². The van der Waals surface area contributed by atoms with E-state index in [1.807, 2.05) is 11.0 Å². The number of carbonyl (C=O) groups is 1. The van der Waals surface area contributed by atoms with Crippen molar-refractivity contribution in [2.75, 3.05) is 13.1 Å². The van der Waals surface area contributed by atoms with Gasteiger partial charge in [-0.05, 0) is 62.0 Å². The quantitative estimate of drug-likeness (QED) is 0.644. The van der Waals surface area contributed by atoms with Gasteiger partial charge in [0.2, 0.25) is 5.91 Å². The standard InChI is InChI=1S/C24H27N3O2S/c28-21(26-12-10-18(11-13-26)14-17-6-2-1-3-7-17)15-27-16-25-23-22(24(27)29)19-8-4-5-9-20(19)30-23/h1-3,6-7,16,18H,4-5,8-15H2. The number of aryl methyl sites for hydroxylation is 2. The summed E-state index contributed by atoms with van der Waals surface area (Å²) in [5.74, 6) is 0.648. The molecule has 0 atom stereocenters. The fourth-order valence-electron chi connectivity index (χ4n) is 4.87. The topological polar surface area (TPSA) is 55.2 Å². The van der Waals surface area contributed by atoms with Crippen LogP contribution in [0.1, 0.15) is 41.7 Å². The molecule has 5 nitrogen and oxygen atoms in total. The Morgan fingerprint density at radius 3 is 2.67 bits per heavy atom. The van der Waals surface area contributed by atoms with Crippen LogP contribution in [0.5, 0.6) is 0 Å².